The first-order valence-electron chi connectivity index (χ1n) is 6.20. The maximum atomic E-state index is 2.41. The lowest BCUT2D eigenvalue weighted by atomic mass is 9.72. The molecule has 1 aromatic rings. The van der Waals surface area contributed by atoms with E-state index in [4.69, 9.17) is 0 Å². The van der Waals surface area contributed by atoms with Gasteiger partial charge in [0.25, 0.3) is 0 Å². The minimum atomic E-state index is 0.604. The molecule has 1 fully saturated rings. The predicted molar refractivity (Wildman–Crippen MR) is 65.9 cm³/mol. The summed E-state index contributed by atoms with van der Waals surface area (Å²) in [6.07, 6.45) is 6.94. The van der Waals surface area contributed by atoms with Crippen molar-refractivity contribution in [1.29, 1.82) is 0 Å². The molecule has 0 aliphatic heterocycles. The smallest absolute Gasteiger partial charge is 0.0250 e. The Bertz CT molecular complexity index is 287. The van der Waals surface area contributed by atoms with Gasteiger partial charge in [-0.05, 0) is 49.0 Å². The van der Waals surface area contributed by atoms with Crippen LogP contribution in [-0.2, 0) is 6.42 Å². The second-order valence-electron chi connectivity index (χ2n) is 5.80. The number of hydrogen-bond acceptors (Lipinski definition) is 0. The van der Waals surface area contributed by atoms with Gasteiger partial charge in [0.2, 0.25) is 0 Å². The lowest BCUT2D eigenvalue weighted by Crippen LogP contribution is -2.22. The van der Waals surface area contributed by atoms with Crippen molar-refractivity contribution in [1.82, 2.24) is 0 Å². The maximum absolute atomic E-state index is 2.41. The van der Waals surface area contributed by atoms with Crippen LogP contribution in [0.4, 0.5) is 0 Å². The van der Waals surface area contributed by atoms with Crippen LogP contribution in [0, 0.1) is 11.3 Å². The minimum absolute atomic E-state index is 0.604. The van der Waals surface area contributed by atoms with Crippen LogP contribution in [0.1, 0.15) is 45.1 Å². The highest BCUT2D eigenvalue weighted by Crippen LogP contribution is 2.38. The first kappa shape index (κ1) is 10.7. The molecule has 0 heteroatoms. The van der Waals surface area contributed by atoms with E-state index in [-0.39, 0.29) is 0 Å². The summed E-state index contributed by atoms with van der Waals surface area (Å²) in [6.45, 7) is 4.82. The number of benzene rings is 1. The molecule has 0 bridgehead atoms. The Labute approximate surface area is 93.7 Å². The Kier molecular flexibility index (Phi) is 3.14. The van der Waals surface area contributed by atoms with Gasteiger partial charge in [-0.25, -0.2) is 0 Å². The molecule has 1 aliphatic carbocycles. The highest BCUT2D eigenvalue weighted by atomic mass is 14.3. The zero-order valence-electron chi connectivity index (χ0n) is 10.00. The lowest BCUT2D eigenvalue weighted by Gasteiger charge is -2.34. The molecule has 0 spiro atoms. The summed E-state index contributed by atoms with van der Waals surface area (Å²) < 4.78 is 0. The fourth-order valence-corrected chi connectivity index (χ4v) is 2.61. The van der Waals surface area contributed by atoms with E-state index >= 15 is 0 Å². The fourth-order valence-electron chi connectivity index (χ4n) is 2.61. The third-order valence-corrected chi connectivity index (χ3v) is 3.83. The summed E-state index contributed by atoms with van der Waals surface area (Å²) in [5.74, 6) is 0.931. The highest BCUT2D eigenvalue weighted by Gasteiger charge is 2.26. The Hall–Kier alpha value is -0.780. The summed E-state index contributed by atoms with van der Waals surface area (Å²) in [4.78, 5) is 0. The molecule has 0 amide bonds. The summed E-state index contributed by atoms with van der Waals surface area (Å²) in [7, 11) is 0. The van der Waals surface area contributed by atoms with E-state index in [2.05, 4.69) is 44.2 Å². The van der Waals surface area contributed by atoms with E-state index in [1.54, 1.807) is 0 Å². The Morgan fingerprint density at radius 3 is 2.27 bits per heavy atom. The van der Waals surface area contributed by atoms with Gasteiger partial charge in [0.05, 0.1) is 0 Å². The number of rotatable bonds is 2. The average Bonchev–Trinajstić information content (AvgIpc) is 2.23. The molecule has 1 saturated carbocycles. The van der Waals surface area contributed by atoms with E-state index in [1.165, 1.54) is 37.7 Å². The Morgan fingerprint density at radius 2 is 1.67 bits per heavy atom. The van der Waals surface area contributed by atoms with Crippen molar-refractivity contribution in [3.8, 4) is 0 Å². The van der Waals surface area contributed by atoms with Gasteiger partial charge in [0.15, 0.2) is 0 Å². The molecule has 0 N–H and O–H groups in total. The third kappa shape index (κ3) is 3.09. The first-order chi connectivity index (χ1) is 7.16. The lowest BCUT2D eigenvalue weighted by molar-refractivity contribution is 0.191. The van der Waals surface area contributed by atoms with Crippen molar-refractivity contribution in [3.05, 3.63) is 35.9 Å². The Balaban J connectivity index is 1.88. The molecule has 0 nitrogen and oxygen atoms in total. The van der Waals surface area contributed by atoms with Crippen LogP contribution in [-0.4, -0.2) is 0 Å². The molecule has 0 aromatic heterocycles. The van der Waals surface area contributed by atoms with E-state index in [0.717, 1.165) is 5.92 Å². The second-order valence-corrected chi connectivity index (χ2v) is 5.80. The minimum Gasteiger partial charge on any atom is -0.0622 e. The van der Waals surface area contributed by atoms with Gasteiger partial charge in [0.1, 0.15) is 0 Å². The van der Waals surface area contributed by atoms with Crippen LogP contribution < -0.4 is 0 Å². The van der Waals surface area contributed by atoms with Crippen molar-refractivity contribution in [2.45, 2.75) is 46.0 Å². The van der Waals surface area contributed by atoms with Gasteiger partial charge in [-0.3, -0.25) is 0 Å². The summed E-state index contributed by atoms with van der Waals surface area (Å²) >= 11 is 0. The van der Waals surface area contributed by atoms with Gasteiger partial charge >= 0.3 is 0 Å². The van der Waals surface area contributed by atoms with Gasteiger partial charge in [-0.15, -0.1) is 0 Å². The monoisotopic (exact) mass is 202 g/mol. The van der Waals surface area contributed by atoms with Crippen LogP contribution in [0.25, 0.3) is 0 Å². The molecule has 2 rings (SSSR count). The topological polar surface area (TPSA) is 0 Å². The molecular weight excluding hydrogens is 180 g/mol. The molecule has 0 unspecified atom stereocenters. The molecule has 1 aliphatic rings. The van der Waals surface area contributed by atoms with Crippen molar-refractivity contribution in [3.63, 3.8) is 0 Å². The summed E-state index contributed by atoms with van der Waals surface area (Å²) in [5.41, 5.74) is 2.12. The molecule has 1 aromatic carbocycles. The summed E-state index contributed by atoms with van der Waals surface area (Å²) in [6, 6.07) is 10.9. The average molecular weight is 202 g/mol. The van der Waals surface area contributed by atoms with E-state index in [9.17, 15) is 0 Å². The van der Waals surface area contributed by atoms with Gasteiger partial charge in [-0.2, -0.15) is 0 Å². The molecule has 0 heterocycles. The van der Waals surface area contributed by atoms with E-state index in [0.29, 0.717) is 5.41 Å². The van der Waals surface area contributed by atoms with Crippen LogP contribution >= 0.6 is 0 Å². The Morgan fingerprint density at radius 1 is 1.07 bits per heavy atom. The molecule has 0 radical (unpaired) electrons. The molecule has 82 valence electrons. The van der Waals surface area contributed by atoms with Crippen LogP contribution in [0.2, 0.25) is 0 Å². The maximum Gasteiger partial charge on any atom is -0.0250 e. The molecule has 0 atom stereocenters. The van der Waals surface area contributed by atoms with Crippen LogP contribution in [0.15, 0.2) is 30.3 Å². The van der Waals surface area contributed by atoms with E-state index < -0.39 is 0 Å². The van der Waals surface area contributed by atoms with Gasteiger partial charge in [-0.1, -0.05) is 44.2 Å². The largest absolute Gasteiger partial charge is 0.0622 e. The molecular formula is C15H22. The molecule has 15 heavy (non-hydrogen) atoms. The normalized spacial score (nSPS) is 21.5. The van der Waals surface area contributed by atoms with Crippen molar-refractivity contribution in [2.75, 3.05) is 0 Å². The second kappa shape index (κ2) is 4.38. The van der Waals surface area contributed by atoms with Crippen molar-refractivity contribution in [2.24, 2.45) is 11.3 Å². The zero-order valence-corrected chi connectivity index (χ0v) is 10.00. The SMILES string of the molecule is CC1(C)CCC(Cc2ccccc2)CC1. The van der Waals surface area contributed by atoms with E-state index in [1.807, 2.05) is 0 Å². The molecule has 0 saturated heterocycles. The fraction of sp³-hybridized carbons (Fsp3) is 0.600. The summed E-state index contributed by atoms with van der Waals surface area (Å²) in [5, 5.41) is 0. The first-order valence-corrected chi connectivity index (χ1v) is 6.20. The predicted octanol–water partition coefficient (Wildman–Crippen LogP) is 4.45. The van der Waals surface area contributed by atoms with Crippen LogP contribution in [0.3, 0.4) is 0 Å². The highest BCUT2D eigenvalue weighted by molar-refractivity contribution is 5.15. The quantitative estimate of drug-likeness (QED) is 0.665. The number of hydrogen-bond donors (Lipinski definition) is 0. The van der Waals surface area contributed by atoms with Gasteiger partial charge in [0, 0.05) is 0 Å². The standard InChI is InChI=1S/C15H22/c1-15(2)10-8-14(9-11-15)12-13-6-4-3-5-7-13/h3-7,14H,8-12H2,1-2H3. The zero-order chi connectivity index (χ0) is 10.7. The van der Waals surface area contributed by atoms with Crippen molar-refractivity contribution >= 4 is 0 Å². The third-order valence-electron chi connectivity index (χ3n) is 3.83. The van der Waals surface area contributed by atoms with Gasteiger partial charge < -0.3 is 0 Å². The van der Waals surface area contributed by atoms with Crippen molar-refractivity contribution < 1.29 is 0 Å². The van der Waals surface area contributed by atoms with Crippen LogP contribution in [0.5, 0.6) is 0 Å².